The van der Waals surface area contributed by atoms with Gasteiger partial charge in [0.05, 0.1) is 0 Å². The van der Waals surface area contributed by atoms with E-state index in [1.165, 1.54) is 16.7 Å². The molecule has 0 aliphatic heterocycles. The van der Waals surface area contributed by atoms with Crippen molar-refractivity contribution in [1.29, 1.82) is 0 Å². The van der Waals surface area contributed by atoms with Crippen molar-refractivity contribution in [1.82, 2.24) is 9.88 Å². The van der Waals surface area contributed by atoms with Crippen molar-refractivity contribution in [2.75, 3.05) is 6.54 Å². The van der Waals surface area contributed by atoms with Gasteiger partial charge in [0.25, 0.3) is 11.5 Å². The Labute approximate surface area is 115 Å². The Morgan fingerprint density at radius 2 is 2.00 bits per heavy atom. The van der Waals surface area contributed by atoms with Gasteiger partial charge in [0.2, 0.25) is 0 Å². The van der Waals surface area contributed by atoms with Gasteiger partial charge in [-0.1, -0.05) is 18.2 Å². The number of pyridine rings is 1. The summed E-state index contributed by atoms with van der Waals surface area (Å²) in [6.07, 6.45) is 1.96. The number of nitrogens with one attached hydrogen (secondary N) is 1. The summed E-state index contributed by atoms with van der Waals surface area (Å²) in [7, 11) is 1.58. The molecule has 104 valence electrons. The van der Waals surface area contributed by atoms with Gasteiger partial charge in [-0.2, -0.15) is 0 Å². The Balaban J connectivity index is 1.98. The fourth-order valence-corrected chi connectivity index (χ4v) is 1.88. The monoisotopic (exact) mass is 274 g/mol. The third-order valence-corrected chi connectivity index (χ3v) is 3.01. The average molecular weight is 274 g/mol. The molecule has 0 unspecified atom stereocenters. The predicted molar refractivity (Wildman–Crippen MR) is 74.1 cm³/mol. The Bertz CT molecular complexity index is 680. The van der Waals surface area contributed by atoms with Crippen LogP contribution in [0, 0.1) is 5.82 Å². The number of aromatic nitrogens is 1. The van der Waals surface area contributed by atoms with Crippen molar-refractivity contribution in [3.63, 3.8) is 0 Å². The molecule has 0 saturated carbocycles. The van der Waals surface area contributed by atoms with Crippen molar-refractivity contribution in [2.45, 2.75) is 6.42 Å². The number of carbonyl (C=O) groups excluding carboxylic acids is 1. The smallest absolute Gasteiger partial charge is 0.263 e. The van der Waals surface area contributed by atoms with E-state index in [1.54, 1.807) is 37.5 Å². The van der Waals surface area contributed by atoms with Gasteiger partial charge in [-0.15, -0.1) is 0 Å². The Morgan fingerprint density at radius 1 is 1.25 bits per heavy atom. The van der Waals surface area contributed by atoms with Crippen LogP contribution in [-0.4, -0.2) is 17.0 Å². The van der Waals surface area contributed by atoms with Gasteiger partial charge in [0, 0.05) is 19.8 Å². The van der Waals surface area contributed by atoms with Crippen molar-refractivity contribution in [3.05, 3.63) is 69.9 Å². The molecule has 20 heavy (non-hydrogen) atoms. The van der Waals surface area contributed by atoms with E-state index in [2.05, 4.69) is 5.32 Å². The number of amides is 1. The molecular formula is C15H15FN2O2. The lowest BCUT2D eigenvalue weighted by atomic mass is 10.1. The number of nitrogens with zero attached hydrogens (tertiary/aromatic N) is 1. The molecule has 2 rings (SSSR count). The molecular weight excluding hydrogens is 259 g/mol. The summed E-state index contributed by atoms with van der Waals surface area (Å²) >= 11 is 0. The number of halogens is 1. The van der Waals surface area contributed by atoms with Crippen LogP contribution in [-0.2, 0) is 13.5 Å². The van der Waals surface area contributed by atoms with Crippen molar-refractivity contribution in [2.24, 2.45) is 7.05 Å². The topological polar surface area (TPSA) is 51.1 Å². The maximum atomic E-state index is 13.4. The van der Waals surface area contributed by atoms with Crippen LogP contribution in [0.2, 0.25) is 0 Å². The molecule has 1 N–H and O–H groups in total. The van der Waals surface area contributed by atoms with E-state index in [0.29, 0.717) is 12.0 Å². The molecule has 1 heterocycles. The Kier molecular flexibility index (Phi) is 4.30. The van der Waals surface area contributed by atoms with Crippen molar-refractivity contribution in [3.8, 4) is 0 Å². The SMILES string of the molecule is Cn1cccc(C(=O)NCCc2ccccc2F)c1=O. The van der Waals surface area contributed by atoms with Crippen LogP contribution in [0.5, 0.6) is 0 Å². The minimum absolute atomic E-state index is 0.0866. The van der Waals surface area contributed by atoms with Crippen LogP contribution in [0.3, 0.4) is 0 Å². The van der Waals surface area contributed by atoms with Gasteiger partial charge in [0.1, 0.15) is 11.4 Å². The second-order valence-corrected chi connectivity index (χ2v) is 4.44. The molecule has 2 aromatic rings. The zero-order chi connectivity index (χ0) is 14.5. The lowest BCUT2D eigenvalue weighted by Crippen LogP contribution is -2.33. The van der Waals surface area contributed by atoms with Crippen LogP contribution < -0.4 is 10.9 Å². The van der Waals surface area contributed by atoms with Gasteiger partial charge < -0.3 is 9.88 Å². The molecule has 1 aromatic heterocycles. The minimum atomic E-state index is -0.442. The molecule has 4 nitrogen and oxygen atoms in total. The Morgan fingerprint density at radius 3 is 2.75 bits per heavy atom. The zero-order valence-corrected chi connectivity index (χ0v) is 11.1. The van der Waals surface area contributed by atoms with Crippen LogP contribution in [0.25, 0.3) is 0 Å². The van der Waals surface area contributed by atoms with E-state index in [4.69, 9.17) is 0 Å². The normalized spacial score (nSPS) is 10.3. The molecule has 1 amide bonds. The van der Waals surface area contributed by atoms with E-state index in [9.17, 15) is 14.0 Å². The zero-order valence-electron chi connectivity index (χ0n) is 11.1. The van der Waals surface area contributed by atoms with E-state index in [1.807, 2.05) is 0 Å². The standard InChI is InChI=1S/C15H15FN2O2/c1-18-10-4-6-12(15(18)20)14(19)17-9-8-11-5-2-3-7-13(11)16/h2-7,10H,8-9H2,1H3,(H,17,19). The highest BCUT2D eigenvalue weighted by Gasteiger charge is 2.10. The molecule has 0 spiro atoms. The van der Waals surface area contributed by atoms with E-state index in [-0.39, 0.29) is 23.5 Å². The number of hydrogen-bond acceptors (Lipinski definition) is 2. The molecule has 5 heteroatoms. The number of hydrogen-bond donors (Lipinski definition) is 1. The summed E-state index contributed by atoms with van der Waals surface area (Å²) in [5.74, 6) is -0.736. The first-order valence-corrected chi connectivity index (χ1v) is 6.27. The van der Waals surface area contributed by atoms with Crippen molar-refractivity contribution < 1.29 is 9.18 Å². The predicted octanol–water partition coefficient (Wildman–Crippen LogP) is 1.50. The van der Waals surface area contributed by atoms with Crippen molar-refractivity contribution >= 4 is 5.91 Å². The molecule has 0 aliphatic rings. The van der Waals surface area contributed by atoms with Gasteiger partial charge in [-0.05, 0) is 30.2 Å². The summed E-state index contributed by atoms with van der Waals surface area (Å²) in [6.45, 7) is 0.276. The lowest BCUT2D eigenvalue weighted by Gasteiger charge is -2.06. The highest BCUT2D eigenvalue weighted by molar-refractivity contribution is 5.93. The number of benzene rings is 1. The number of carbonyl (C=O) groups is 1. The maximum absolute atomic E-state index is 13.4. The maximum Gasteiger partial charge on any atom is 0.263 e. The molecule has 0 radical (unpaired) electrons. The van der Waals surface area contributed by atoms with Gasteiger partial charge in [0.15, 0.2) is 0 Å². The van der Waals surface area contributed by atoms with E-state index in [0.717, 1.165) is 0 Å². The van der Waals surface area contributed by atoms with Gasteiger partial charge in [-0.3, -0.25) is 9.59 Å². The first kappa shape index (κ1) is 14.0. The van der Waals surface area contributed by atoms with Crippen LogP contribution in [0.15, 0.2) is 47.4 Å². The molecule has 0 bridgehead atoms. The average Bonchev–Trinajstić information content (AvgIpc) is 2.44. The second-order valence-electron chi connectivity index (χ2n) is 4.44. The highest BCUT2D eigenvalue weighted by atomic mass is 19.1. The summed E-state index contributed by atoms with van der Waals surface area (Å²) in [5, 5.41) is 2.62. The summed E-state index contributed by atoms with van der Waals surface area (Å²) in [4.78, 5) is 23.6. The Hall–Kier alpha value is -2.43. The third kappa shape index (κ3) is 3.12. The lowest BCUT2D eigenvalue weighted by molar-refractivity contribution is 0.0952. The summed E-state index contributed by atoms with van der Waals surface area (Å²) < 4.78 is 14.7. The van der Waals surface area contributed by atoms with Crippen LogP contribution >= 0.6 is 0 Å². The van der Waals surface area contributed by atoms with Gasteiger partial charge in [-0.25, -0.2) is 4.39 Å². The second kappa shape index (κ2) is 6.14. The fraction of sp³-hybridized carbons (Fsp3) is 0.200. The summed E-state index contributed by atoms with van der Waals surface area (Å²) in [6, 6.07) is 9.51. The largest absolute Gasteiger partial charge is 0.352 e. The van der Waals surface area contributed by atoms with Crippen LogP contribution in [0.4, 0.5) is 4.39 Å². The van der Waals surface area contributed by atoms with Crippen LogP contribution in [0.1, 0.15) is 15.9 Å². The molecule has 0 aliphatic carbocycles. The molecule has 0 atom stereocenters. The highest BCUT2D eigenvalue weighted by Crippen LogP contribution is 2.06. The quantitative estimate of drug-likeness (QED) is 0.918. The third-order valence-electron chi connectivity index (χ3n) is 3.01. The first-order valence-electron chi connectivity index (χ1n) is 6.27. The molecule has 0 fully saturated rings. The minimum Gasteiger partial charge on any atom is -0.352 e. The van der Waals surface area contributed by atoms with Gasteiger partial charge >= 0.3 is 0 Å². The van der Waals surface area contributed by atoms with E-state index < -0.39 is 5.91 Å². The molecule has 0 saturated heterocycles. The van der Waals surface area contributed by atoms with E-state index >= 15 is 0 Å². The fourth-order valence-electron chi connectivity index (χ4n) is 1.88. The number of rotatable bonds is 4. The molecule has 1 aromatic carbocycles. The number of aryl methyl sites for hydroxylation is 1. The summed E-state index contributed by atoms with van der Waals surface area (Å²) in [5.41, 5.74) is 0.271. The first-order chi connectivity index (χ1) is 9.59.